The highest BCUT2D eigenvalue weighted by molar-refractivity contribution is 7.09. The molecule has 0 radical (unpaired) electrons. The van der Waals surface area contributed by atoms with Crippen molar-refractivity contribution in [2.75, 3.05) is 18.4 Å². The molecule has 74 heavy (non-hydrogen) atoms. The van der Waals surface area contributed by atoms with Crippen LogP contribution >= 0.6 is 11.3 Å². The lowest BCUT2D eigenvalue weighted by Crippen LogP contribution is -2.51. The van der Waals surface area contributed by atoms with Crippen molar-refractivity contribution in [1.29, 1.82) is 0 Å². The van der Waals surface area contributed by atoms with Gasteiger partial charge in [0.25, 0.3) is 5.56 Å². The third kappa shape index (κ3) is 11.1. The molecule has 2 aliphatic heterocycles. The summed E-state index contributed by atoms with van der Waals surface area (Å²) in [5.41, 5.74) is 14.8. The van der Waals surface area contributed by atoms with Crippen LogP contribution in [0.25, 0.3) is 22.3 Å². The highest BCUT2D eigenvalue weighted by Gasteiger charge is 2.46. The Morgan fingerprint density at radius 3 is 2.51 bits per heavy atom. The van der Waals surface area contributed by atoms with E-state index in [0.717, 1.165) is 27.0 Å². The van der Waals surface area contributed by atoms with E-state index >= 15 is 4.39 Å². The quantitative estimate of drug-likeness (QED) is 0.0364. The van der Waals surface area contributed by atoms with Crippen molar-refractivity contribution in [3.63, 3.8) is 0 Å². The normalized spacial score (nSPS) is 17.6. The largest absolute Gasteiger partial charge is 0.458 e. The fraction of sp³-hybridized carbons (Fsp3) is 0.444. The molecule has 8 rings (SSSR count). The summed E-state index contributed by atoms with van der Waals surface area (Å²) in [6.45, 7) is 8.93. The molecule has 5 amide bonds. The number of benzene rings is 2. The van der Waals surface area contributed by atoms with Gasteiger partial charge in [-0.1, -0.05) is 45.9 Å². The van der Waals surface area contributed by atoms with Gasteiger partial charge in [0.15, 0.2) is 11.4 Å². The number of hydrogen-bond donors (Lipinski definition) is 6. The topological polar surface area (TPSA) is 267 Å². The lowest BCUT2D eigenvalue weighted by molar-refractivity contribution is -0.172. The molecule has 1 aliphatic carbocycles. The van der Waals surface area contributed by atoms with Gasteiger partial charge in [-0.25, -0.2) is 23.8 Å². The lowest BCUT2D eigenvalue weighted by atomic mass is 9.74. The van der Waals surface area contributed by atoms with Crippen molar-refractivity contribution in [3.05, 3.63) is 114 Å². The number of primary amides is 1. The molecule has 0 saturated heterocycles. The Kier molecular flexibility index (Phi) is 16.0. The number of Topliss-reactive ketones (excluding diaryl/α,β-unsaturated/α-hetero) is 1. The number of amides is 5. The number of carbonyl (C=O) groups excluding carboxylic acids is 6. The van der Waals surface area contributed by atoms with Crippen LogP contribution in [0.3, 0.4) is 0 Å². The molecule has 5 aromatic rings. The lowest BCUT2D eigenvalue weighted by Gasteiger charge is -2.31. The van der Waals surface area contributed by atoms with Crippen LogP contribution < -0.4 is 33.0 Å². The van der Waals surface area contributed by atoms with Gasteiger partial charge < -0.3 is 46.6 Å². The molecule has 20 heteroatoms. The molecule has 392 valence electrons. The summed E-state index contributed by atoms with van der Waals surface area (Å²) < 4.78 is 28.2. The molecule has 0 bridgehead atoms. The number of nitrogens with one attached hydrogen (secondary N) is 3. The number of ketones is 1. The van der Waals surface area contributed by atoms with Crippen molar-refractivity contribution in [2.45, 2.75) is 129 Å². The number of carbonyl (C=O) groups is 6. The van der Waals surface area contributed by atoms with Gasteiger partial charge in [-0.2, -0.15) is 0 Å². The van der Waals surface area contributed by atoms with Crippen LogP contribution in [0, 0.1) is 24.6 Å². The Labute approximate surface area is 431 Å². The van der Waals surface area contributed by atoms with Crippen LogP contribution in [0.15, 0.2) is 58.7 Å². The predicted octanol–water partition coefficient (Wildman–Crippen LogP) is 6.30. The number of hydrogen-bond acceptors (Lipinski definition) is 13. The summed E-state index contributed by atoms with van der Waals surface area (Å²) in [4.78, 5) is 99.2. The van der Waals surface area contributed by atoms with E-state index in [9.17, 15) is 38.7 Å². The maximum Gasteiger partial charge on any atom is 0.410 e. The zero-order valence-corrected chi connectivity index (χ0v) is 43.0. The zero-order valence-electron chi connectivity index (χ0n) is 42.2. The number of esters is 1. The number of nitrogens with zero attached hydrogens (tertiary/aromatic N) is 3. The number of ether oxygens (including phenoxy) is 2. The second-order valence-corrected chi connectivity index (χ2v) is 21.1. The van der Waals surface area contributed by atoms with Crippen LogP contribution in [0.2, 0.25) is 0 Å². The number of aromatic nitrogens is 2. The summed E-state index contributed by atoms with van der Waals surface area (Å²) in [5.74, 6) is -2.76. The van der Waals surface area contributed by atoms with Crippen LogP contribution in [0.5, 0.6) is 0 Å². The van der Waals surface area contributed by atoms with E-state index < -0.39 is 53.2 Å². The first-order valence-electron chi connectivity index (χ1n) is 25.0. The van der Waals surface area contributed by atoms with Crippen molar-refractivity contribution in [1.82, 2.24) is 25.1 Å². The number of cyclic esters (lactones) is 1. The first-order chi connectivity index (χ1) is 35.3. The maximum absolute atomic E-state index is 15.5. The summed E-state index contributed by atoms with van der Waals surface area (Å²) in [6.07, 6.45) is 1.84. The van der Waals surface area contributed by atoms with E-state index in [1.54, 1.807) is 62.6 Å². The molecule has 1 unspecified atom stereocenters. The second kappa shape index (κ2) is 22.2. The van der Waals surface area contributed by atoms with Crippen molar-refractivity contribution in [3.8, 4) is 11.4 Å². The van der Waals surface area contributed by atoms with Gasteiger partial charge >= 0.3 is 18.1 Å². The number of urea groups is 1. The van der Waals surface area contributed by atoms with E-state index in [1.165, 1.54) is 22.3 Å². The summed E-state index contributed by atoms with van der Waals surface area (Å²) in [6, 6.07) is 11.0. The molecule has 0 fully saturated rings. The molecule has 0 saturated carbocycles. The minimum atomic E-state index is -2.00. The maximum atomic E-state index is 15.5. The second-order valence-electron chi connectivity index (χ2n) is 20.1. The molecule has 3 aliphatic rings. The van der Waals surface area contributed by atoms with Gasteiger partial charge in [-0.3, -0.25) is 24.1 Å². The Morgan fingerprint density at radius 1 is 1.07 bits per heavy atom. The van der Waals surface area contributed by atoms with Crippen molar-refractivity contribution < 1.29 is 47.7 Å². The molecule has 5 atom stereocenters. The standard InChI is InChI=1S/C54H63FN8O10S/c1-6-54(71)39-21-43-47-37(25-63(43)50(67)38(39)27-72-51(54)68)44-32(13-16-36-30(5)40(55)22-42(60-47)45(36)44)19-29(4)20-34(64)23-62(24-35-9-8-18-74-35)53(70)73-26-31-11-14-33(15-12-31)59-48(65)41(10-7-17-58-52(57)69)61-49(66)46(56)28(2)3/h8-9,11-12,14-15,18,21-22,28-29,32,41,46,71H,6-7,10,13,16-17,19-20,23-27,56H2,1-5H3,(H,59,65)(H,61,66)(H3,57,58,69)/t29?,32-,41-,46-,54+/m0/s1. The number of pyridine rings is 2. The third-order valence-corrected chi connectivity index (χ3v) is 15.4. The first kappa shape index (κ1) is 53.3. The molecule has 18 nitrogen and oxygen atoms in total. The average Bonchev–Trinajstić information content (AvgIpc) is 4.03. The smallest absolute Gasteiger partial charge is 0.410 e. The van der Waals surface area contributed by atoms with Gasteiger partial charge in [0.1, 0.15) is 25.1 Å². The van der Waals surface area contributed by atoms with Crippen LogP contribution in [-0.4, -0.2) is 80.4 Å². The predicted molar refractivity (Wildman–Crippen MR) is 275 cm³/mol. The van der Waals surface area contributed by atoms with Gasteiger partial charge in [0.2, 0.25) is 11.8 Å². The van der Waals surface area contributed by atoms with Crippen LogP contribution in [-0.2, 0) is 67.0 Å². The molecule has 5 heterocycles. The van der Waals surface area contributed by atoms with Crippen LogP contribution in [0.4, 0.5) is 19.7 Å². The molecular formula is C54H63FN8O10S. The number of halogens is 1. The monoisotopic (exact) mass is 1030 g/mol. The first-order valence-corrected chi connectivity index (χ1v) is 25.9. The Bertz CT molecular complexity index is 3070. The fourth-order valence-corrected chi connectivity index (χ4v) is 11.1. The third-order valence-electron chi connectivity index (χ3n) is 14.5. The van der Waals surface area contributed by atoms with Gasteiger partial charge in [-0.05, 0) is 115 Å². The highest BCUT2D eigenvalue weighted by atomic mass is 32.1. The van der Waals surface area contributed by atoms with E-state index in [-0.39, 0.29) is 99.1 Å². The number of fused-ring (bicyclic) bond motifs is 5. The van der Waals surface area contributed by atoms with E-state index in [4.69, 9.17) is 25.9 Å². The number of nitrogens with two attached hydrogens (primary N) is 2. The van der Waals surface area contributed by atoms with E-state index in [1.807, 2.05) is 24.4 Å². The minimum Gasteiger partial charge on any atom is -0.458 e. The summed E-state index contributed by atoms with van der Waals surface area (Å²) >= 11 is 1.45. The number of aryl methyl sites for hydroxylation is 1. The number of aliphatic hydroxyl groups is 1. The molecule has 3 aromatic heterocycles. The van der Waals surface area contributed by atoms with Gasteiger partial charge in [0, 0.05) is 46.1 Å². The van der Waals surface area contributed by atoms with Crippen molar-refractivity contribution in [2.24, 2.45) is 23.3 Å². The highest BCUT2D eigenvalue weighted by Crippen LogP contribution is 2.48. The number of thiophene rings is 1. The van der Waals surface area contributed by atoms with E-state index in [0.29, 0.717) is 59.4 Å². The summed E-state index contributed by atoms with van der Waals surface area (Å²) in [7, 11) is 0. The molecule has 0 spiro atoms. The Balaban J connectivity index is 0.941. The van der Waals surface area contributed by atoms with Gasteiger partial charge in [0.05, 0.1) is 48.1 Å². The zero-order chi connectivity index (χ0) is 53.2. The number of anilines is 1. The molecular weight excluding hydrogens is 972 g/mol. The van der Waals surface area contributed by atoms with E-state index in [2.05, 4.69) is 16.0 Å². The minimum absolute atomic E-state index is 0.00615. The Morgan fingerprint density at radius 2 is 1.82 bits per heavy atom. The average molecular weight is 1040 g/mol. The molecule has 2 aromatic carbocycles. The molecule has 8 N–H and O–H groups in total. The van der Waals surface area contributed by atoms with Gasteiger partial charge in [-0.15, -0.1) is 11.3 Å². The fourth-order valence-electron chi connectivity index (χ4n) is 10.4. The van der Waals surface area contributed by atoms with Crippen LogP contribution in [0.1, 0.15) is 116 Å². The Hall–Kier alpha value is -7.03. The SMILES string of the molecule is CC[C@]1(O)C(=O)OCc2c1cc1n(c2=O)Cc2c-1nc1cc(F)c(C)c3c1c2[C@H](CC(C)CC(=O)CN(Cc1cccs1)C(=O)OCc1ccc(NC(=O)[C@H](CCCNC(N)=O)NC(=O)[C@@H](N)C(C)C)cc1)CC3. The van der Waals surface area contributed by atoms with Crippen molar-refractivity contribution >= 4 is 63.6 Å². The number of rotatable bonds is 20. The summed E-state index contributed by atoms with van der Waals surface area (Å²) in [5, 5.41) is 22.2.